The topological polar surface area (TPSA) is 68.1 Å². The fourth-order valence-electron chi connectivity index (χ4n) is 3.22. The van der Waals surface area contributed by atoms with Crippen LogP contribution in [-0.4, -0.2) is 32.1 Å². The van der Waals surface area contributed by atoms with Crippen molar-refractivity contribution in [3.8, 4) is 17.0 Å². The summed E-state index contributed by atoms with van der Waals surface area (Å²) in [6, 6.07) is 3.94. The maximum atomic E-state index is 5.47. The van der Waals surface area contributed by atoms with Gasteiger partial charge in [0.1, 0.15) is 17.0 Å². The summed E-state index contributed by atoms with van der Waals surface area (Å²) in [7, 11) is 1.67. The SMILES string of the molecule is COc1cc(-c2n[nH]nc2C2CCCC2)cn2nccc12. The monoisotopic (exact) mass is 283 g/mol. The smallest absolute Gasteiger partial charge is 0.145 e. The van der Waals surface area contributed by atoms with E-state index in [1.807, 2.05) is 22.8 Å². The van der Waals surface area contributed by atoms with Crippen LogP contribution in [0.5, 0.6) is 5.75 Å². The van der Waals surface area contributed by atoms with E-state index in [2.05, 4.69) is 20.5 Å². The third kappa shape index (κ3) is 1.98. The van der Waals surface area contributed by atoms with Crippen LogP contribution in [0.4, 0.5) is 0 Å². The molecule has 3 aromatic heterocycles. The van der Waals surface area contributed by atoms with Crippen molar-refractivity contribution in [1.29, 1.82) is 0 Å². The molecule has 0 atom stereocenters. The zero-order valence-electron chi connectivity index (χ0n) is 11.9. The zero-order valence-corrected chi connectivity index (χ0v) is 11.9. The Morgan fingerprint density at radius 3 is 2.95 bits per heavy atom. The molecule has 108 valence electrons. The lowest BCUT2D eigenvalue weighted by atomic mass is 9.99. The Hall–Kier alpha value is -2.37. The molecule has 1 N–H and O–H groups in total. The van der Waals surface area contributed by atoms with Crippen LogP contribution in [0.2, 0.25) is 0 Å². The van der Waals surface area contributed by atoms with E-state index < -0.39 is 0 Å². The van der Waals surface area contributed by atoms with Crippen LogP contribution in [0, 0.1) is 0 Å². The summed E-state index contributed by atoms with van der Waals surface area (Å²) >= 11 is 0. The third-order valence-corrected chi connectivity index (χ3v) is 4.28. The van der Waals surface area contributed by atoms with E-state index in [1.54, 1.807) is 13.3 Å². The molecule has 0 unspecified atom stereocenters. The Balaban J connectivity index is 1.84. The van der Waals surface area contributed by atoms with Gasteiger partial charge < -0.3 is 4.74 Å². The van der Waals surface area contributed by atoms with Crippen LogP contribution >= 0.6 is 0 Å². The Labute approximate surface area is 122 Å². The van der Waals surface area contributed by atoms with E-state index in [4.69, 9.17) is 4.74 Å². The van der Waals surface area contributed by atoms with Gasteiger partial charge in [0.05, 0.1) is 19.0 Å². The summed E-state index contributed by atoms with van der Waals surface area (Å²) in [6.45, 7) is 0. The largest absolute Gasteiger partial charge is 0.494 e. The molecule has 1 aliphatic rings. The number of methoxy groups -OCH3 is 1. The molecule has 0 spiro atoms. The molecule has 4 rings (SSSR count). The molecule has 0 bridgehead atoms. The number of aromatic nitrogens is 5. The van der Waals surface area contributed by atoms with Gasteiger partial charge in [0.2, 0.25) is 0 Å². The molecule has 3 heterocycles. The Kier molecular flexibility index (Phi) is 2.87. The van der Waals surface area contributed by atoms with E-state index in [0.717, 1.165) is 28.2 Å². The minimum Gasteiger partial charge on any atom is -0.494 e. The number of fused-ring (bicyclic) bond motifs is 1. The fourth-order valence-corrected chi connectivity index (χ4v) is 3.22. The number of hydrogen-bond acceptors (Lipinski definition) is 4. The number of nitrogens with zero attached hydrogens (tertiary/aromatic N) is 4. The number of rotatable bonds is 3. The maximum absolute atomic E-state index is 5.47. The Morgan fingerprint density at radius 2 is 2.14 bits per heavy atom. The van der Waals surface area contributed by atoms with Gasteiger partial charge in [-0.25, -0.2) is 4.52 Å². The van der Waals surface area contributed by atoms with Crippen molar-refractivity contribution in [3.63, 3.8) is 0 Å². The van der Waals surface area contributed by atoms with Crippen molar-refractivity contribution in [1.82, 2.24) is 25.0 Å². The molecule has 1 saturated carbocycles. The Bertz CT molecular complexity index is 769. The van der Waals surface area contributed by atoms with Crippen molar-refractivity contribution in [2.75, 3.05) is 7.11 Å². The second-order valence-electron chi connectivity index (χ2n) is 5.50. The van der Waals surface area contributed by atoms with Crippen molar-refractivity contribution in [2.45, 2.75) is 31.6 Å². The molecular formula is C15H17N5O. The number of H-pyrrole nitrogens is 1. The molecule has 6 heteroatoms. The summed E-state index contributed by atoms with van der Waals surface area (Å²) < 4.78 is 7.29. The van der Waals surface area contributed by atoms with Crippen LogP contribution in [0.25, 0.3) is 16.8 Å². The van der Waals surface area contributed by atoms with Gasteiger partial charge in [0.25, 0.3) is 0 Å². The highest BCUT2D eigenvalue weighted by molar-refractivity contribution is 5.70. The molecule has 0 radical (unpaired) electrons. The van der Waals surface area contributed by atoms with E-state index in [0.29, 0.717) is 5.92 Å². The predicted octanol–water partition coefficient (Wildman–Crippen LogP) is 2.79. The summed E-state index contributed by atoms with van der Waals surface area (Å²) in [5.74, 6) is 1.31. The first-order valence-corrected chi connectivity index (χ1v) is 7.29. The van der Waals surface area contributed by atoms with Crippen molar-refractivity contribution >= 4 is 5.52 Å². The molecule has 0 aliphatic heterocycles. The second kappa shape index (κ2) is 4.87. The van der Waals surface area contributed by atoms with Crippen LogP contribution in [0.3, 0.4) is 0 Å². The van der Waals surface area contributed by atoms with Gasteiger partial charge >= 0.3 is 0 Å². The number of pyridine rings is 1. The molecule has 0 saturated heterocycles. The van der Waals surface area contributed by atoms with Crippen molar-refractivity contribution in [2.24, 2.45) is 0 Å². The molecule has 6 nitrogen and oxygen atoms in total. The number of hydrogen-bond donors (Lipinski definition) is 1. The van der Waals surface area contributed by atoms with Gasteiger partial charge in [0, 0.05) is 17.7 Å². The first-order valence-electron chi connectivity index (χ1n) is 7.29. The van der Waals surface area contributed by atoms with Gasteiger partial charge in [-0.2, -0.15) is 20.5 Å². The molecule has 1 aliphatic carbocycles. The van der Waals surface area contributed by atoms with E-state index in [9.17, 15) is 0 Å². The predicted molar refractivity (Wildman–Crippen MR) is 78.3 cm³/mol. The highest BCUT2D eigenvalue weighted by Crippen LogP contribution is 2.38. The van der Waals surface area contributed by atoms with Crippen LogP contribution < -0.4 is 4.74 Å². The average molecular weight is 283 g/mol. The molecule has 0 amide bonds. The highest BCUT2D eigenvalue weighted by Gasteiger charge is 2.24. The number of aromatic amines is 1. The van der Waals surface area contributed by atoms with Gasteiger partial charge in [-0.1, -0.05) is 12.8 Å². The third-order valence-electron chi connectivity index (χ3n) is 4.28. The number of nitrogens with one attached hydrogen (secondary N) is 1. The van der Waals surface area contributed by atoms with Crippen LogP contribution in [-0.2, 0) is 0 Å². The highest BCUT2D eigenvalue weighted by atomic mass is 16.5. The quantitative estimate of drug-likeness (QED) is 0.802. The lowest BCUT2D eigenvalue weighted by molar-refractivity contribution is 0.417. The average Bonchev–Trinajstić information content (AvgIpc) is 3.23. The molecule has 1 fully saturated rings. The normalized spacial score (nSPS) is 15.9. The zero-order chi connectivity index (χ0) is 14.2. The lowest BCUT2D eigenvalue weighted by Crippen LogP contribution is -1.98. The van der Waals surface area contributed by atoms with E-state index >= 15 is 0 Å². The van der Waals surface area contributed by atoms with E-state index in [1.165, 1.54) is 25.7 Å². The maximum Gasteiger partial charge on any atom is 0.145 e. The summed E-state index contributed by atoms with van der Waals surface area (Å²) in [5.41, 5.74) is 3.92. The summed E-state index contributed by atoms with van der Waals surface area (Å²) in [5, 5.41) is 15.8. The first kappa shape index (κ1) is 12.4. The van der Waals surface area contributed by atoms with Gasteiger partial charge in [-0.15, -0.1) is 0 Å². The minimum atomic E-state index is 0.512. The summed E-state index contributed by atoms with van der Waals surface area (Å²) in [4.78, 5) is 0. The van der Waals surface area contributed by atoms with Gasteiger partial charge in [-0.3, -0.25) is 0 Å². The molecule has 0 aromatic carbocycles. The minimum absolute atomic E-state index is 0.512. The summed E-state index contributed by atoms with van der Waals surface area (Å²) in [6.07, 6.45) is 8.69. The second-order valence-corrected chi connectivity index (χ2v) is 5.50. The standard InChI is InChI=1S/C15H17N5O/c1-21-13-8-11(9-20-12(13)6-7-16-20)15-14(17-19-18-15)10-4-2-3-5-10/h6-10H,2-5H2,1H3,(H,17,18,19). The number of ether oxygens (including phenoxy) is 1. The van der Waals surface area contributed by atoms with Crippen molar-refractivity contribution < 1.29 is 4.74 Å². The van der Waals surface area contributed by atoms with Gasteiger partial charge in [0.15, 0.2) is 0 Å². The lowest BCUT2D eigenvalue weighted by Gasteiger charge is -2.09. The van der Waals surface area contributed by atoms with Crippen LogP contribution in [0.15, 0.2) is 24.5 Å². The Morgan fingerprint density at radius 1 is 1.29 bits per heavy atom. The molecule has 3 aromatic rings. The fraction of sp³-hybridized carbons (Fsp3) is 0.400. The van der Waals surface area contributed by atoms with Crippen LogP contribution in [0.1, 0.15) is 37.3 Å². The van der Waals surface area contributed by atoms with Crippen molar-refractivity contribution in [3.05, 3.63) is 30.2 Å². The van der Waals surface area contributed by atoms with Gasteiger partial charge in [-0.05, 0) is 25.0 Å². The molecule has 21 heavy (non-hydrogen) atoms. The first-order chi connectivity index (χ1) is 10.4. The van der Waals surface area contributed by atoms with E-state index in [-0.39, 0.29) is 0 Å². The molecular weight excluding hydrogens is 266 g/mol.